The number of aliphatic hydroxyl groups excluding tert-OH is 2. The minimum atomic E-state index is -2.05. The van der Waals surface area contributed by atoms with Crippen LogP contribution in [0.2, 0.25) is 0 Å². The number of phenolic OH excluding ortho intramolecular Hbond substituents is 2. The molecule has 8 heteroatoms. The van der Waals surface area contributed by atoms with Crippen molar-refractivity contribution in [3.05, 3.63) is 35.4 Å². The van der Waals surface area contributed by atoms with E-state index in [0.29, 0.717) is 0 Å². The van der Waals surface area contributed by atoms with Crippen molar-refractivity contribution in [1.82, 2.24) is 0 Å². The third kappa shape index (κ3) is 2.41. The molecule has 2 aromatic carbocycles. The van der Waals surface area contributed by atoms with Crippen LogP contribution in [-0.4, -0.2) is 42.6 Å². The first-order valence-electron chi connectivity index (χ1n) is 6.05. The summed E-state index contributed by atoms with van der Waals surface area (Å²) in [5, 5.41) is 56.7. The van der Waals surface area contributed by atoms with Crippen molar-refractivity contribution in [2.45, 2.75) is 12.2 Å². The number of fused-ring (bicyclic) bond motifs is 1. The standard InChI is InChI=1S/C14H12O8/c15-7-3-1-5-6(10(7)12(18)14(21)22)2-4-8(16)9(5)11(17)13(19)20/h1-4,11-12,15-18H,(H,19,20)(H,21,22). The number of aliphatic hydroxyl groups is 2. The Morgan fingerprint density at radius 3 is 1.32 bits per heavy atom. The molecule has 0 aromatic heterocycles. The normalized spacial score (nSPS) is 13.7. The summed E-state index contributed by atoms with van der Waals surface area (Å²) in [6.45, 7) is 0. The SMILES string of the molecule is O=C(O)C(O)c1c(O)ccc2c(C(O)C(=O)O)c(O)ccc12. The molecule has 2 atom stereocenters. The third-order valence-electron chi connectivity index (χ3n) is 3.25. The van der Waals surface area contributed by atoms with Crippen molar-refractivity contribution in [2.24, 2.45) is 0 Å². The maximum absolute atomic E-state index is 10.9. The van der Waals surface area contributed by atoms with Gasteiger partial charge in [0.2, 0.25) is 0 Å². The van der Waals surface area contributed by atoms with Gasteiger partial charge in [-0.15, -0.1) is 0 Å². The molecule has 0 amide bonds. The van der Waals surface area contributed by atoms with Gasteiger partial charge in [-0.05, 0) is 22.9 Å². The van der Waals surface area contributed by atoms with E-state index in [0.717, 1.165) is 12.1 Å². The quantitative estimate of drug-likeness (QED) is 0.476. The van der Waals surface area contributed by atoms with Crippen LogP contribution in [0.5, 0.6) is 11.5 Å². The molecular weight excluding hydrogens is 296 g/mol. The molecule has 2 unspecified atom stereocenters. The smallest absolute Gasteiger partial charge is 0.337 e. The second-order valence-corrected chi connectivity index (χ2v) is 4.57. The highest BCUT2D eigenvalue weighted by molar-refractivity contribution is 5.97. The van der Waals surface area contributed by atoms with Crippen molar-refractivity contribution >= 4 is 22.7 Å². The van der Waals surface area contributed by atoms with Crippen LogP contribution in [0.3, 0.4) is 0 Å². The van der Waals surface area contributed by atoms with Crippen molar-refractivity contribution < 1.29 is 40.2 Å². The van der Waals surface area contributed by atoms with Gasteiger partial charge in [0.15, 0.2) is 12.2 Å². The van der Waals surface area contributed by atoms with Gasteiger partial charge in [-0.2, -0.15) is 0 Å². The maximum Gasteiger partial charge on any atom is 0.337 e. The monoisotopic (exact) mass is 308 g/mol. The molecule has 0 radical (unpaired) electrons. The van der Waals surface area contributed by atoms with Crippen molar-refractivity contribution in [3.63, 3.8) is 0 Å². The molecule has 2 aromatic rings. The van der Waals surface area contributed by atoms with E-state index in [1.807, 2.05) is 0 Å². The molecule has 0 saturated heterocycles. The molecule has 116 valence electrons. The lowest BCUT2D eigenvalue weighted by Gasteiger charge is -2.16. The number of aromatic hydroxyl groups is 2. The van der Waals surface area contributed by atoms with E-state index in [1.165, 1.54) is 12.1 Å². The highest BCUT2D eigenvalue weighted by atomic mass is 16.4. The second-order valence-electron chi connectivity index (χ2n) is 4.57. The first-order chi connectivity index (χ1) is 10.3. The summed E-state index contributed by atoms with van der Waals surface area (Å²) in [6, 6.07) is 4.51. The van der Waals surface area contributed by atoms with Gasteiger partial charge in [0.25, 0.3) is 0 Å². The largest absolute Gasteiger partial charge is 0.508 e. The van der Waals surface area contributed by atoms with Crippen molar-refractivity contribution in [3.8, 4) is 11.5 Å². The summed E-state index contributed by atoms with van der Waals surface area (Å²) in [5.74, 6) is -4.25. The Kier molecular flexibility index (Phi) is 3.89. The summed E-state index contributed by atoms with van der Waals surface area (Å²) in [5.41, 5.74) is -0.715. The molecule has 0 aliphatic rings. The third-order valence-corrected chi connectivity index (χ3v) is 3.25. The molecular formula is C14H12O8. The van der Waals surface area contributed by atoms with Crippen LogP contribution in [0.25, 0.3) is 10.8 Å². The van der Waals surface area contributed by atoms with Crippen molar-refractivity contribution in [1.29, 1.82) is 0 Å². The molecule has 8 nitrogen and oxygen atoms in total. The molecule has 0 aliphatic carbocycles. The highest BCUT2D eigenvalue weighted by Crippen LogP contribution is 2.39. The molecule has 0 aliphatic heterocycles. The van der Waals surface area contributed by atoms with E-state index in [1.54, 1.807) is 0 Å². The van der Waals surface area contributed by atoms with Crippen LogP contribution >= 0.6 is 0 Å². The van der Waals surface area contributed by atoms with Gasteiger partial charge in [0, 0.05) is 11.1 Å². The lowest BCUT2D eigenvalue weighted by Crippen LogP contribution is -2.13. The number of hydrogen-bond acceptors (Lipinski definition) is 6. The highest BCUT2D eigenvalue weighted by Gasteiger charge is 2.27. The molecule has 0 bridgehead atoms. The summed E-state index contributed by atoms with van der Waals surface area (Å²) in [6.07, 6.45) is -4.11. The van der Waals surface area contributed by atoms with Crippen LogP contribution in [0.4, 0.5) is 0 Å². The van der Waals surface area contributed by atoms with Gasteiger partial charge < -0.3 is 30.6 Å². The Labute approximate surface area is 123 Å². The molecule has 0 spiro atoms. The average molecular weight is 308 g/mol. The Morgan fingerprint density at radius 2 is 1.05 bits per heavy atom. The van der Waals surface area contributed by atoms with Gasteiger partial charge in [0.1, 0.15) is 11.5 Å². The van der Waals surface area contributed by atoms with E-state index in [-0.39, 0.29) is 21.9 Å². The van der Waals surface area contributed by atoms with E-state index < -0.39 is 35.6 Å². The van der Waals surface area contributed by atoms with Gasteiger partial charge in [0.05, 0.1) is 0 Å². The minimum Gasteiger partial charge on any atom is -0.508 e. The number of hydrogen-bond donors (Lipinski definition) is 6. The van der Waals surface area contributed by atoms with Crippen LogP contribution in [-0.2, 0) is 9.59 Å². The molecule has 0 fully saturated rings. The van der Waals surface area contributed by atoms with E-state index in [4.69, 9.17) is 10.2 Å². The first-order valence-corrected chi connectivity index (χ1v) is 6.05. The summed E-state index contributed by atoms with van der Waals surface area (Å²) in [4.78, 5) is 21.9. The van der Waals surface area contributed by atoms with Crippen LogP contribution in [0.15, 0.2) is 24.3 Å². The summed E-state index contributed by atoms with van der Waals surface area (Å²) < 4.78 is 0. The molecule has 0 heterocycles. The number of rotatable bonds is 4. The lowest BCUT2D eigenvalue weighted by molar-refractivity contribution is -0.147. The minimum absolute atomic E-state index is 0.00278. The van der Waals surface area contributed by atoms with Gasteiger partial charge in [-0.25, -0.2) is 9.59 Å². The summed E-state index contributed by atoms with van der Waals surface area (Å²) >= 11 is 0. The topological polar surface area (TPSA) is 156 Å². The zero-order chi connectivity index (χ0) is 16.6. The Morgan fingerprint density at radius 1 is 0.727 bits per heavy atom. The van der Waals surface area contributed by atoms with Crippen LogP contribution in [0.1, 0.15) is 23.3 Å². The predicted octanol–water partition coefficient (Wildman–Crippen LogP) is 0.487. The Bertz CT molecular complexity index is 702. The maximum atomic E-state index is 10.9. The lowest BCUT2D eigenvalue weighted by atomic mass is 9.93. The Balaban J connectivity index is 2.86. The number of benzene rings is 2. The fourth-order valence-corrected chi connectivity index (χ4v) is 2.25. The second kappa shape index (κ2) is 5.51. The fraction of sp³-hybridized carbons (Fsp3) is 0.143. The molecule has 2 rings (SSSR count). The summed E-state index contributed by atoms with van der Waals surface area (Å²) in [7, 11) is 0. The van der Waals surface area contributed by atoms with E-state index in [9.17, 15) is 30.0 Å². The number of phenols is 2. The number of carbonyl (C=O) groups is 2. The molecule has 0 saturated carbocycles. The van der Waals surface area contributed by atoms with Crippen LogP contribution < -0.4 is 0 Å². The molecule has 22 heavy (non-hydrogen) atoms. The Hall–Kier alpha value is -2.84. The number of carboxylic acid groups (broad SMARTS) is 2. The number of aliphatic carboxylic acids is 2. The van der Waals surface area contributed by atoms with Gasteiger partial charge in [-0.3, -0.25) is 0 Å². The zero-order valence-corrected chi connectivity index (χ0v) is 11.0. The fourth-order valence-electron chi connectivity index (χ4n) is 2.25. The zero-order valence-electron chi connectivity index (χ0n) is 11.0. The molecule has 6 N–H and O–H groups in total. The van der Waals surface area contributed by atoms with Crippen LogP contribution in [0, 0.1) is 0 Å². The average Bonchev–Trinajstić information content (AvgIpc) is 2.45. The van der Waals surface area contributed by atoms with Gasteiger partial charge >= 0.3 is 11.9 Å². The first kappa shape index (κ1) is 15.5. The van der Waals surface area contributed by atoms with E-state index in [2.05, 4.69) is 0 Å². The predicted molar refractivity (Wildman–Crippen MR) is 72.5 cm³/mol. The number of carboxylic acids is 2. The van der Waals surface area contributed by atoms with E-state index >= 15 is 0 Å². The van der Waals surface area contributed by atoms with Crippen molar-refractivity contribution in [2.75, 3.05) is 0 Å². The van der Waals surface area contributed by atoms with Gasteiger partial charge in [-0.1, -0.05) is 12.1 Å².